The van der Waals surface area contributed by atoms with E-state index in [1.54, 1.807) is 41.1 Å². The van der Waals surface area contributed by atoms with Gasteiger partial charge in [-0.2, -0.15) is 0 Å². The van der Waals surface area contributed by atoms with E-state index in [0.717, 1.165) is 15.8 Å². The van der Waals surface area contributed by atoms with Crippen LogP contribution < -0.4 is 15.4 Å². The second-order valence-electron chi connectivity index (χ2n) is 6.96. The zero-order chi connectivity index (χ0) is 24.8. The maximum atomic E-state index is 13.0. The number of rotatable bonds is 8. The van der Waals surface area contributed by atoms with Gasteiger partial charge in [0.05, 0.1) is 9.77 Å². The van der Waals surface area contributed by atoms with Gasteiger partial charge in [0.25, 0.3) is 21.8 Å². The summed E-state index contributed by atoms with van der Waals surface area (Å²) in [6.45, 7) is 0. The van der Waals surface area contributed by atoms with Gasteiger partial charge < -0.3 is 10.6 Å². The summed E-state index contributed by atoms with van der Waals surface area (Å²) >= 11 is 5.79. The first-order chi connectivity index (χ1) is 16.8. The molecule has 0 unspecified atom stereocenters. The zero-order valence-corrected chi connectivity index (χ0v) is 21.8. The molecule has 8 nitrogen and oxygen atoms in total. The molecule has 2 aromatic carbocycles. The maximum Gasteiger partial charge on any atom is 0.272 e. The van der Waals surface area contributed by atoms with Crippen LogP contribution in [-0.4, -0.2) is 25.2 Å². The van der Waals surface area contributed by atoms with E-state index >= 15 is 0 Å². The van der Waals surface area contributed by atoms with E-state index < -0.39 is 21.8 Å². The molecule has 2 amide bonds. The summed E-state index contributed by atoms with van der Waals surface area (Å²) in [5, 5.41) is 9.04. The first-order valence-corrected chi connectivity index (χ1v) is 14.0. The summed E-state index contributed by atoms with van der Waals surface area (Å²) in [6.07, 6.45) is 3.06. The third-order valence-electron chi connectivity index (χ3n) is 4.50. The molecule has 178 valence electrons. The Labute approximate surface area is 217 Å². The van der Waals surface area contributed by atoms with Gasteiger partial charge in [0.1, 0.15) is 5.70 Å². The van der Waals surface area contributed by atoms with Crippen molar-refractivity contribution in [2.75, 3.05) is 10.0 Å². The highest BCUT2D eigenvalue weighted by molar-refractivity contribution is 9.10. The van der Waals surface area contributed by atoms with Crippen molar-refractivity contribution in [1.29, 1.82) is 0 Å². The van der Waals surface area contributed by atoms with Gasteiger partial charge in [-0.05, 0) is 59.5 Å². The number of amides is 2. The van der Waals surface area contributed by atoms with Crippen molar-refractivity contribution in [3.8, 4) is 0 Å². The molecule has 0 saturated carbocycles. The second-order valence-corrected chi connectivity index (χ2v) is 11.4. The molecule has 0 radical (unpaired) electrons. The molecule has 2 aromatic heterocycles. The van der Waals surface area contributed by atoms with Gasteiger partial charge in [-0.1, -0.05) is 34.1 Å². The fourth-order valence-electron chi connectivity index (χ4n) is 2.84. The molecule has 4 aromatic rings. The van der Waals surface area contributed by atoms with Gasteiger partial charge in [0.2, 0.25) is 0 Å². The lowest BCUT2D eigenvalue weighted by atomic mass is 10.2. The SMILES string of the molecule is O=C(Nc1ccc(S(=O)(=O)Nc2nccs2)cc1)/C(=C/c1ccc(Br)cc1)NC(=O)c1cccs1. The van der Waals surface area contributed by atoms with Gasteiger partial charge in [-0.3, -0.25) is 14.3 Å². The van der Waals surface area contributed by atoms with Crippen molar-refractivity contribution in [3.05, 3.63) is 98.2 Å². The van der Waals surface area contributed by atoms with E-state index in [1.165, 1.54) is 41.8 Å². The lowest BCUT2D eigenvalue weighted by Crippen LogP contribution is -2.30. The van der Waals surface area contributed by atoms with Crippen LogP contribution in [0.15, 0.2) is 92.7 Å². The third-order valence-corrected chi connectivity index (χ3v) is 8.07. The lowest BCUT2D eigenvalue weighted by Gasteiger charge is -2.11. The van der Waals surface area contributed by atoms with Crippen molar-refractivity contribution >= 4 is 77.3 Å². The molecule has 2 heterocycles. The number of hydrogen-bond acceptors (Lipinski definition) is 7. The molecule has 0 aliphatic rings. The zero-order valence-electron chi connectivity index (χ0n) is 17.8. The van der Waals surface area contributed by atoms with E-state index in [1.807, 2.05) is 12.1 Å². The van der Waals surface area contributed by atoms with Gasteiger partial charge >= 0.3 is 0 Å². The summed E-state index contributed by atoms with van der Waals surface area (Å²) in [5.74, 6) is -0.970. The minimum atomic E-state index is -3.82. The standard InChI is InChI=1S/C23H17BrN4O4S3/c24-16-5-3-15(4-6-16)14-19(27-22(30)20-2-1-12-33-20)21(29)26-17-7-9-18(10-8-17)35(31,32)28-23-25-11-13-34-23/h1-14H,(H,25,28)(H,26,29)(H,27,30)/b19-14-. The van der Waals surface area contributed by atoms with Crippen molar-refractivity contribution in [3.63, 3.8) is 0 Å². The fraction of sp³-hybridized carbons (Fsp3) is 0. The monoisotopic (exact) mass is 588 g/mol. The molecule has 3 N–H and O–H groups in total. The summed E-state index contributed by atoms with van der Waals surface area (Å²) in [5.41, 5.74) is 1.10. The highest BCUT2D eigenvalue weighted by atomic mass is 79.9. The van der Waals surface area contributed by atoms with Crippen LogP contribution in [0.25, 0.3) is 6.08 Å². The highest BCUT2D eigenvalue weighted by Gasteiger charge is 2.18. The highest BCUT2D eigenvalue weighted by Crippen LogP contribution is 2.20. The van der Waals surface area contributed by atoms with E-state index in [-0.39, 0.29) is 15.7 Å². The Morgan fingerprint density at radius 3 is 2.31 bits per heavy atom. The Balaban J connectivity index is 1.52. The fourth-order valence-corrected chi connectivity index (χ4v) is 5.51. The number of carbonyl (C=O) groups excluding carboxylic acids is 2. The first kappa shape index (κ1) is 24.8. The molecule has 0 fully saturated rings. The van der Waals surface area contributed by atoms with Gasteiger partial charge in [0, 0.05) is 21.7 Å². The number of carbonyl (C=O) groups is 2. The predicted molar refractivity (Wildman–Crippen MR) is 142 cm³/mol. The van der Waals surface area contributed by atoms with Crippen molar-refractivity contribution in [1.82, 2.24) is 10.3 Å². The Morgan fingerprint density at radius 1 is 0.943 bits per heavy atom. The number of sulfonamides is 1. The van der Waals surface area contributed by atoms with E-state index in [2.05, 4.69) is 36.3 Å². The first-order valence-electron chi connectivity index (χ1n) is 9.96. The summed E-state index contributed by atoms with van der Waals surface area (Å²) < 4.78 is 28.3. The number of thiazole rings is 1. The largest absolute Gasteiger partial charge is 0.321 e. The third kappa shape index (κ3) is 6.63. The number of thiophene rings is 1. The van der Waals surface area contributed by atoms with Gasteiger partial charge in [-0.15, -0.1) is 22.7 Å². The number of anilines is 2. The summed E-state index contributed by atoms with van der Waals surface area (Å²) in [7, 11) is -3.82. The topological polar surface area (TPSA) is 117 Å². The molecular formula is C23H17BrN4O4S3. The minimum Gasteiger partial charge on any atom is -0.321 e. The van der Waals surface area contributed by atoms with Crippen LogP contribution in [0.2, 0.25) is 0 Å². The molecule has 0 atom stereocenters. The van der Waals surface area contributed by atoms with Crippen molar-refractivity contribution < 1.29 is 18.0 Å². The number of halogens is 1. The normalized spacial score (nSPS) is 11.6. The Hall–Kier alpha value is -3.32. The van der Waals surface area contributed by atoms with Crippen LogP contribution in [0, 0.1) is 0 Å². The van der Waals surface area contributed by atoms with Crippen LogP contribution in [0.5, 0.6) is 0 Å². The van der Waals surface area contributed by atoms with E-state index in [9.17, 15) is 18.0 Å². The van der Waals surface area contributed by atoms with Gasteiger partial charge in [0.15, 0.2) is 5.13 Å². The predicted octanol–water partition coefficient (Wildman–Crippen LogP) is 5.18. The molecule has 0 spiro atoms. The molecular weight excluding hydrogens is 572 g/mol. The number of aromatic nitrogens is 1. The maximum absolute atomic E-state index is 13.0. The quantitative estimate of drug-likeness (QED) is 0.245. The Kier molecular flexibility index (Phi) is 7.76. The molecule has 0 aliphatic carbocycles. The Morgan fingerprint density at radius 2 is 1.69 bits per heavy atom. The molecule has 12 heteroatoms. The van der Waals surface area contributed by atoms with E-state index in [4.69, 9.17) is 0 Å². The lowest BCUT2D eigenvalue weighted by molar-refractivity contribution is -0.113. The van der Waals surface area contributed by atoms with Crippen LogP contribution in [0.1, 0.15) is 15.2 Å². The van der Waals surface area contributed by atoms with Crippen molar-refractivity contribution in [2.45, 2.75) is 4.90 Å². The molecule has 0 saturated heterocycles. The number of nitrogens with one attached hydrogen (secondary N) is 3. The van der Waals surface area contributed by atoms with Crippen LogP contribution in [-0.2, 0) is 14.8 Å². The average molecular weight is 590 g/mol. The van der Waals surface area contributed by atoms with Crippen LogP contribution in [0.4, 0.5) is 10.8 Å². The minimum absolute atomic E-state index is 0.0160. The summed E-state index contributed by atoms with van der Waals surface area (Å²) in [6, 6.07) is 16.3. The number of hydrogen-bond donors (Lipinski definition) is 3. The van der Waals surface area contributed by atoms with Crippen molar-refractivity contribution in [2.24, 2.45) is 0 Å². The molecule has 4 rings (SSSR count). The molecule has 0 bridgehead atoms. The average Bonchev–Trinajstić information content (AvgIpc) is 3.55. The molecule has 35 heavy (non-hydrogen) atoms. The van der Waals surface area contributed by atoms with Crippen LogP contribution >= 0.6 is 38.6 Å². The smallest absolute Gasteiger partial charge is 0.272 e. The number of benzene rings is 2. The second kappa shape index (κ2) is 11.0. The van der Waals surface area contributed by atoms with Gasteiger partial charge in [-0.25, -0.2) is 13.4 Å². The summed E-state index contributed by atoms with van der Waals surface area (Å²) in [4.78, 5) is 30.0. The van der Waals surface area contributed by atoms with Crippen LogP contribution in [0.3, 0.4) is 0 Å². The van der Waals surface area contributed by atoms with E-state index in [0.29, 0.717) is 16.1 Å². The number of nitrogens with zero attached hydrogens (tertiary/aromatic N) is 1. The molecule has 0 aliphatic heterocycles. The Bertz CT molecular complexity index is 1450.